The Hall–Kier alpha value is -2.77. The first kappa shape index (κ1) is 21.5. The van der Waals surface area contributed by atoms with E-state index in [1.807, 2.05) is 68.7 Å². The van der Waals surface area contributed by atoms with E-state index in [0.29, 0.717) is 5.13 Å². The maximum absolute atomic E-state index is 12.9. The molecule has 1 aliphatic rings. The number of thiazole rings is 1. The summed E-state index contributed by atoms with van der Waals surface area (Å²) in [6.07, 6.45) is 1.84. The summed E-state index contributed by atoms with van der Waals surface area (Å²) in [5, 5.41) is 5.72. The number of carbonyl (C=O) groups is 1. The van der Waals surface area contributed by atoms with Gasteiger partial charge in [0.25, 0.3) is 0 Å². The molecule has 1 N–H and O–H groups in total. The summed E-state index contributed by atoms with van der Waals surface area (Å²) in [6.45, 7) is 10.6. The van der Waals surface area contributed by atoms with Crippen molar-refractivity contribution in [2.75, 3.05) is 36.4 Å². The Bertz CT molecular complexity index is 1010. The van der Waals surface area contributed by atoms with Gasteiger partial charge in [-0.3, -0.25) is 9.69 Å². The lowest BCUT2D eigenvalue weighted by atomic mass is 9.83. The van der Waals surface area contributed by atoms with Crippen molar-refractivity contribution in [2.24, 2.45) is 0 Å². The molecule has 4 rings (SSSR count). The first-order valence-electron chi connectivity index (χ1n) is 10.6. The minimum atomic E-state index is -0.624. The van der Waals surface area contributed by atoms with E-state index < -0.39 is 5.41 Å². The number of rotatable bonds is 6. The normalized spacial score (nSPS) is 15.1. The highest BCUT2D eigenvalue weighted by Crippen LogP contribution is 2.27. The second-order valence-electron chi connectivity index (χ2n) is 8.54. The molecular weight excluding hydrogens is 406 g/mol. The molecule has 7 heteroatoms. The highest BCUT2D eigenvalue weighted by molar-refractivity contribution is 7.13. The van der Waals surface area contributed by atoms with Gasteiger partial charge in [0, 0.05) is 44.3 Å². The standard InChI is InChI=1S/C24H29N5OS/c1-18-7-9-19(10-8-18)24(2,3)22(30)27-23-26-20(17-31-23)16-28-12-14-29(15-13-28)21-6-4-5-11-25-21/h4-11,17H,12-16H2,1-3H3,(H,26,27,30). The summed E-state index contributed by atoms with van der Waals surface area (Å²) < 4.78 is 0. The van der Waals surface area contributed by atoms with Gasteiger partial charge in [0.15, 0.2) is 5.13 Å². The molecule has 0 saturated carbocycles. The molecule has 0 spiro atoms. The van der Waals surface area contributed by atoms with Crippen LogP contribution < -0.4 is 10.2 Å². The van der Waals surface area contributed by atoms with Gasteiger partial charge in [0.2, 0.25) is 5.91 Å². The van der Waals surface area contributed by atoms with Gasteiger partial charge in [0.05, 0.1) is 11.1 Å². The van der Waals surface area contributed by atoms with Gasteiger partial charge < -0.3 is 10.2 Å². The molecule has 0 bridgehead atoms. The molecule has 1 fully saturated rings. The lowest BCUT2D eigenvalue weighted by Gasteiger charge is -2.35. The van der Waals surface area contributed by atoms with Crippen LogP contribution in [0.15, 0.2) is 54.0 Å². The molecular formula is C24H29N5OS. The molecule has 1 aliphatic heterocycles. The third-order valence-electron chi connectivity index (χ3n) is 5.84. The second kappa shape index (κ2) is 9.16. The molecule has 0 aliphatic carbocycles. The van der Waals surface area contributed by atoms with Crippen LogP contribution >= 0.6 is 11.3 Å². The van der Waals surface area contributed by atoms with E-state index in [0.717, 1.165) is 49.8 Å². The maximum Gasteiger partial charge on any atom is 0.236 e. The number of hydrogen-bond donors (Lipinski definition) is 1. The van der Waals surface area contributed by atoms with Gasteiger partial charge in [0.1, 0.15) is 5.82 Å². The fourth-order valence-electron chi connectivity index (χ4n) is 3.70. The van der Waals surface area contributed by atoms with Crippen LogP contribution in [0.1, 0.15) is 30.7 Å². The first-order valence-corrected chi connectivity index (χ1v) is 11.5. The van der Waals surface area contributed by atoms with Crippen LogP contribution in [-0.2, 0) is 16.8 Å². The Balaban J connectivity index is 1.31. The largest absolute Gasteiger partial charge is 0.354 e. The molecule has 0 atom stereocenters. The molecule has 31 heavy (non-hydrogen) atoms. The molecule has 2 aromatic heterocycles. The molecule has 0 radical (unpaired) electrons. The van der Waals surface area contributed by atoms with Crippen molar-refractivity contribution in [1.82, 2.24) is 14.9 Å². The molecule has 3 aromatic rings. The number of anilines is 2. The van der Waals surface area contributed by atoms with Gasteiger partial charge >= 0.3 is 0 Å². The van der Waals surface area contributed by atoms with Crippen molar-refractivity contribution in [1.29, 1.82) is 0 Å². The Morgan fingerprint density at radius 1 is 1.10 bits per heavy atom. The van der Waals surface area contributed by atoms with E-state index in [-0.39, 0.29) is 5.91 Å². The number of amides is 1. The summed E-state index contributed by atoms with van der Waals surface area (Å²) in [7, 11) is 0. The van der Waals surface area contributed by atoms with Crippen LogP contribution in [-0.4, -0.2) is 47.0 Å². The Morgan fingerprint density at radius 3 is 2.52 bits per heavy atom. The van der Waals surface area contributed by atoms with Crippen molar-refractivity contribution in [3.8, 4) is 0 Å². The number of benzene rings is 1. The smallest absolute Gasteiger partial charge is 0.236 e. The zero-order valence-electron chi connectivity index (χ0n) is 18.3. The van der Waals surface area contributed by atoms with Crippen molar-refractivity contribution >= 4 is 28.2 Å². The van der Waals surface area contributed by atoms with Crippen molar-refractivity contribution in [3.05, 3.63) is 70.9 Å². The van der Waals surface area contributed by atoms with E-state index in [2.05, 4.69) is 31.2 Å². The number of aromatic nitrogens is 2. The summed E-state index contributed by atoms with van der Waals surface area (Å²) in [5.74, 6) is 0.998. The SMILES string of the molecule is Cc1ccc(C(C)(C)C(=O)Nc2nc(CN3CCN(c4ccccn4)CC3)cs2)cc1. The molecule has 3 heterocycles. The molecule has 162 valence electrons. The zero-order chi connectivity index (χ0) is 21.8. The number of carbonyl (C=O) groups excluding carboxylic acids is 1. The van der Waals surface area contributed by atoms with Crippen molar-refractivity contribution < 1.29 is 4.79 Å². The van der Waals surface area contributed by atoms with Gasteiger partial charge in [-0.25, -0.2) is 9.97 Å². The Labute approximate surface area is 187 Å². The van der Waals surface area contributed by atoms with Crippen LogP contribution in [0.25, 0.3) is 0 Å². The third kappa shape index (κ3) is 5.11. The van der Waals surface area contributed by atoms with E-state index in [1.165, 1.54) is 16.9 Å². The number of nitrogens with zero attached hydrogens (tertiary/aromatic N) is 4. The van der Waals surface area contributed by atoms with Crippen LogP contribution in [0.3, 0.4) is 0 Å². The molecule has 6 nitrogen and oxygen atoms in total. The highest BCUT2D eigenvalue weighted by Gasteiger charge is 2.30. The summed E-state index contributed by atoms with van der Waals surface area (Å²) in [6, 6.07) is 14.2. The lowest BCUT2D eigenvalue weighted by molar-refractivity contribution is -0.120. The second-order valence-corrected chi connectivity index (χ2v) is 9.40. The molecule has 0 unspecified atom stereocenters. The maximum atomic E-state index is 12.9. The van der Waals surface area contributed by atoms with E-state index in [4.69, 9.17) is 0 Å². The van der Waals surface area contributed by atoms with Crippen LogP contribution in [0, 0.1) is 6.92 Å². The first-order chi connectivity index (χ1) is 14.9. The van der Waals surface area contributed by atoms with Crippen LogP contribution in [0.5, 0.6) is 0 Å². The lowest BCUT2D eigenvalue weighted by Crippen LogP contribution is -2.46. The monoisotopic (exact) mass is 435 g/mol. The highest BCUT2D eigenvalue weighted by atomic mass is 32.1. The minimum absolute atomic E-state index is 0.0405. The Morgan fingerprint density at radius 2 is 1.84 bits per heavy atom. The molecule has 1 amide bonds. The third-order valence-corrected chi connectivity index (χ3v) is 6.65. The van der Waals surface area contributed by atoms with Crippen LogP contribution in [0.4, 0.5) is 10.9 Å². The summed E-state index contributed by atoms with van der Waals surface area (Å²) in [4.78, 5) is 26.7. The number of hydrogen-bond acceptors (Lipinski definition) is 6. The van der Waals surface area contributed by atoms with E-state index in [9.17, 15) is 4.79 Å². The number of piperazine rings is 1. The van der Waals surface area contributed by atoms with Crippen LogP contribution in [0.2, 0.25) is 0 Å². The summed E-state index contributed by atoms with van der Waals surface area (Å²) in [5.41, 5.74) is 2.56. The minimum Gasteiger partial charge on any atom is -0.354 e. The molecule has 1 saturated heterocycles. The summed E-state index contributed by atoms with van der Waals surface area (Å²) >= 11 is 1.49. The quantitative estimate of drug-likeness (QED) is 0.632. The van der Waals surface area contributed by atoms with Crippen molar-refractivity contribution in [2.45, 2.75) is 32.7 Å². The van der Waals surface area contributed by atoms with E-state index >= 15 is 0 Å². The van der Waals surface area contributed by atoms with Gasteiger partial charge in [-0.15, -0.1) is 11.3 Å². The number of pyridine rings is 1. The fourth-order valence-corrected chi connectivity index (χ4v) is 4.39. The fraction of sp³-hybridized carbons (Fsp3) is 0.375. The van der Waals surface area contributed by atoms with Gasteiger partial charge in [-0.1, -0.05) is 35.9 Å². The molecule has 1 aromatic carbocycles. The topological polar surface area (TPSA) is 61.4 Å². The predicted molar refractivity (Wildman–Crippen MR) is 127 cm³/mol. The number of aryl methyl sites for hydroxylation is 1. The zero-order valence-corrected chi connectivity index (χ0v) is 19.2. The van der Waals surface area contributed by atoms with E-state index in [1.54, 1.807) is 0 Å². The average Bonchev–Trinajstić information content (AvgIpc) is 3.22. The number of nitrogens with one attached hydrogen (secondary N) is 1. The van der Waals surface area contributed by atoms with Gasteiger partial charge in [-0.05, 0) is 38.5 Å². The average molecular weight is 436 g/mol. The Kier molecular flexibility index (Phi) is 6.34. The predicted octanol–water partition coefficient (Wildman–Crippen LogP) is 4.09. The van der Waals surface area contributed by atoms with Crippen molar-refractivity contribution in [3.63, 3.8) is 0 Å². The van der Waals surface area contributed by atoms with Gasteiger partial charge in [-0.2, -0.15) is 0 Å².